The molecule has 7 rings (SSSR count). The molecule has 1 aliphatic rings. The van der Waals surface area contributed by atoms with Gasteiger partial charge in [-0.25, -0.2) is 39.4 Å². The number of rotatable bonds is 24. The standard InChI is InChI=1S/C43H52N16O8/c1-2-15-66-43(62)47-9-17-64-19-21-65-20-18-63-16-7-34(60)48-23-29-24-49-41(50-25-29)57-11-13-58(14-12-57)42-51-26-31(27-52-42)39(61)46-8-3-4-10-59-38-35(37(44)53-28-54-38)36(56-59)30-5-6-33-32(22-30)55-40(45)67-33/h1,5-6,22,24-28H,3-4,7-21,23H2,(H2,45,55)(H,46,61)(H,47,62)(H,48,60)(H2,44,53,54). The van der Waals surface area contributed by atoms with Gasteiger partial charge in [-0.3, -0.25) is 9.59 Å². The third-order valence-corrected chi connectivity index (χ3v) is 10.3. The van der Waals surface area contributed by atoms with Crippen LogP contribution in [0.3, 0.4) is 0 Å². The zero-order valence-electron chi connectivity index (χ0n) is 36.8. The van der Waals surface area contributed by atoms with Crippen molar-refractivity contribution in [2.75, 3.05) is 107 Å². The predicted octanol–water partition coefficient (Wildman–Crippen LogP) is 1.33. The van der Waals surface area contributed by atoms with Crippen molar-refractivity contribution in [3.05, 3.63) is 60.4 Å². The van der Waals surface area contributed by atoms with Crippen LogP contribution in [-0.4, -0.2) is 148 Å². The first-order chi connectivity index (χ1) is 32.7. The molecule has 0 unspecified atom stereocenters. The summed E-state index contributed by atoms with van der Waals surface area (Å²) in [5.41, 5.74) is 16.3. The summed E-state index contributed by atoms with van der Waals surface area (Å²) < 4.78 is 28.1. The highest BCUT2D eigenvalue weighted by Crippen LogP contribution is 2.32. The highest BCUT2D eigenvalue weighted by molar-refractivity contribution is 5.99. The number of aryl methyl sites for hydroxylation is 1. The molecule has 3 amide bonds. The van der Waals surface area contributed by atoms with Crippen LogP contribution >= 0.6 is 0 Å². The van der Waals surface area contributed by atoms with Gasteiger partial charge in [0.05, 0.1) is 50.6 Å². The molecule has 24 heteroatoms. The fourth-order valence-corrected chi connectivity index (χ4v) is 6.86. The monoisotopic (exact) mass is 920 g/mol. The molecule has 24 nitrogen and oxygen atoms in total. The lowest BCUT2D eigenvalue weighted by Crippen LogP contribution is -2.47. The van der Waals surface area contributed by atoms with E-state index in [-0.39, 0.29) is 37.5 Å². The Morgan fingerprint density at radius 2 is 1.48 bits per heavy atom. The summed E-state index contributed by atoms with van der Waals surface area (Å²) in [4.78, 5) is 71.5. The first kappa shape index (κ1) is 47.2. The molecule has 0 saturated carbocycles. The van der Waals surface area contributed by atoms with E-state index in [1.807, 2.05) is 12.1 Å². The van der Waals surface area contributed by atoms with Crippen LogP contribution in [0.4, 0.5) is 28.5 Å². The first-order valence-electron chi connectivity index (χ1n) is 21.6. The number of nitrogens with one attached hydrogen (secondary N) is 3. The topological polar surface area (TPSA) is 304 Å². The number of benzene rings is 1. The molecule has 0 bridgehead atoms. The van der Waals surface area contributed by atoms with Crippen molar-refractivity contribution in [1.82, 2.24) is 60.6 Å². The zero-order chi connectivity index (χ0) is 46.8. The lowest BCUT2D eigenvalue weighted by molar-refractivity contribution is -0.122. The maximum Gasteiger partial charge on any atom is 0.408 e. The number of alkyl carbamates (subject to hydrolysis) is 1. The Morgan fingerprint density at radius 1 is 0.791 bits per heavy atom. The largest absolute Gasteiger partial charge is 0.436 e. The summed E-state index contributed by atoms with van der Waals surface area (Å²) >= 11 is 0. The molecule has 352 valence electrons. The van der Waals surface area contributed by atoms with Gasteiger partial charge >= 0.3 is 6.09 Å². The van der Waals surface area contributed by atoms with Crippen molar-refractivity contribution in [2.24, 2.45) is 0 Å². The Balaban J connectivity index is 0.741. The van der Waals surface area contributed by atoms with Crippen molar-refractivity contribution in [3.8, 4) is 23.6 Å². The summed E-state index contributed by atoms with van der Waals surface area (Å²) in [7, 11) is 0. The van der Waals surface area contributed by atoms with E-state index in [4.69, 9.17) is 41.6 Å². The fraction of sp³-hybridized carbons (Fsp3) is 0.419. The molecule has 1 aliphatic heterocycles. The molecule has 1 saturated heterocycles. The number of nitrogens with zero attached hydrogens (tertiary/aromatic N) is 11. The number of unbranched alkanes of at least 4 members (excludes halogenated alkanes) is 1. The van der Waals surface area contributed by atoms with Crippen LogP contribution in [0.25, 0.3) is 33.4 Å². The van der Waals surface area contributed by atoms with Gasteiger partial charge in [0.15, 0.2) is 17.8 Å². The van der Waals surface area contributed by atoms with Crippen LogP contribution in [0.5, 0.6) is 0 Å². The number of nitrogens with two attached hydrogens (primary N) is 2. The van der Waals surface area contributed by atoms with Crippen molar-refractivity contribution < 1.29 is 37.7 Å². The van der Waals surface area contributed by atoms with E-state index in [9.17, 15) is 14.4 Å². The lowest BCUT2D eigenvalue weighted by atomic mass is 10.1. The molecule has 7 N–H and O–H groups in total. The average molecular weight is 921 g/mol. The van der Waals surface area contributed by atoms with Gasteiger partial charge in [-0.2, -0.15) is 10.1 Å². The van der Waals surface area contributed by atoms with Gasteiger partial charge in [0.25, 0.3) is 11.9 Å². The molecule has 0 radical (unpaired) electrons. The van der Waals surface area contributed by atoms with Crippen LogP contribution < -0.4 is 37.2 Å². The third kappa shape index (κ3) is 13.4. The Morgan fingerprint density at radius 3 is 2.19 bits per heavy atom. The third-order valence-electron chi connectivity index (χ3n) is 10.3. The maximum atomic E-state index is 12.9. The Bertz CT molecular complexity index is 2610. The number of hydrogen-bond acceptors (Lipinski definition) is 20. The van der Waals surface area contributed by atoms with E-state index in [0.717, 1.165) is 11.1 Å². The summed E-state index contributed by atoms with van der Waals surface area (Å²) in [6.45, 7) is 6.06. The molecule has 6 aromatic rings. The van der Waals surface area contributed by atoms with Crippen molar-refractivity contribution >= 4 is 63.8 Å². The van der Waals surface area contributed by atoms with Crippen LogP contribution in [0.2, 0.25) is 0 Å². The van der Waals surface area contributed by atoms with E-state index in [0.29, 0.717) is 149 Å². The second kappa shape index (κ2) is 24.0. The quantitative estimate of drug-likeness (QED) is 0.0422. The number of hydrogen-bond donors (Lipinski definition) is 5. The SMILES string of the molecule is C#CCOC(=O)NCCOCCOCCOCCC(=O)NCc1cnc(N2CCN(c3ncc(C(=O)NCCCCn4nc(-c5ccc6oc(N)nc6c5)c5c(N)ncnc54)cn3)CC2)nc1. The van der Waals surface area contributed by atoms with E-state index in [2.05, 4.69) is 71.3 Å². The maximum absolute atomic E-state index is 12.9. The molecule has 5 aromatic heterocycles. The van der Waals surface area contributed by atoms with E-state index in [1.54, 1.807) is 23.1 Å². The van der Waals surface area contributed by atoms with Gasteiger partial charge in [0.1, 0.15) is 23.4 Å². The number of nitrogen functional groups attached to an aromatic ring is 2. The zero-order valence-corrected chi connectivity index (χ0v) is 36.8. The Hall–Kier alpha value is -7.75. The van der Waals surface area contributed by atoms with Crippen LogP contribution in [0.1, 0.15) is 35.2 Å². The number of piperazine rings is 1. The molecular formula is C43H52N16O8. The number of amides is 3. The molecule has 0 atom stereocenters. The highest BCUT2D eigenvalue weighted by Gasteiger charge is 2.22. The minimum absolute atomic E-state index is 0.0819. The Labute approximate surface area is 384 Å². The number of oxazole rings is 1. The number of fused-ring (bicyclic) bond motifs is 2. The number of ether oxygens (including phenoxy) is 4. The van der Waals surface area contributed by atoms with E-state index in [1.165, 1.54) is 18.7 Å². The Kier molecular flexibility index (Phi) is 16.9. The molecule has 0 aliphatic carbocycles. The molecule has 1 fully saturated rings. The number of anilines is 4. The van der Waals surface area contributed by atoms with Crippen molar-refractivity contribution in [3.63, 3.8) is 0 Å². The predicted molar refractivity (Wildman–Crippen MR) is 244 cm³/mol. The second-order valence-electron chi connectivity index (χ2n) is 14.9. The van der Waals surface area contributed by atoms with Crippen LogP contribution in [-0.2, 0) is 36.8 Å². The molecular weight excluding hydrogens is 869 g/mol. The van der Waals surface area contributed by atoms with Crippen molar-refractivity contribution in [1.29, 1.82) is 0 Å². The van der Waals surface area contributed by atoms with Crippen molar-refractivity contribution in [2.45, 2.75) is 32.4 Å². The summed E-state index contributed by atoms with van der Waals surface area (Å²) in [5.74, 6) is 3.24. The normalized spacial score (nSPS) is 12.6. The lowest BCUT2D eigenvalue weighted by Gasteiger charge is -2.34. The number of carbonyl (C=O) groups is 3. The minimum atomic E-state index is -0.590. The van der Waals surface area contributed by atoms with E-state index < -0.39 is 6.09 Å². The van der Waals surface area contributed by atoms with Gasteiger partial charge in [-0.15, -0.1) is 6.42 Å². The van der Waals surface area contributed by atoms with Gasteiger partial charge in [-0.1, -0.05) is 5.92 Å². The van der Waals surface area contributed by atoms with Gasteiger partial charge < -0.3 is 60.6 Å². The molecule has 67 heavy (non-hydrogen) atoms. The van der Waals surface area contributed by atoms with Gasteiger partial charge in [0.2, 0.25) is 17.8 Å². The van der Waals surface area contributed by atoms with Gasteiger partial charge in [-0.05, 0) is 31.0 Å². The summed E-state index contributed by atoms with van der Waals surface area (Å²) in [6, 6.07) is 5.57. The number of aromatic nitrogens is 9. The minimum Gasteiger partial charge on any atom is -0.436 e. The number of carbonyl (C=O) groups excluding carboxylic acids is 3. The molecule has 1 aromatic carbocycles. The summed E-state index contributed by atoms with van der Waals surface area (Å²) in [5, 5.41) is 13.8. The van der Waals surface area contributed by atoms with E-state index >= 15 is 0 Å². The van der Waals surface area contributed by atoms with Crippen LogP contribution in [0.15, 0.2) is 53.7 Å². The average Bonchev–Trinajstić information content (AvgIpc) is 3.92. The fourth-order valence-electron chi connectivity index (χ4n) is 6.86. The smallest absolute Gasteiger partial charge is 0.408 e. The molecule has 0 spiro atoms. The van der Waals surface area contributed by atoms with Crippen LogP contribution in [0, 0.1) is 12.3 Å². The first-order valence-corrected chi connectivity index (χ1v) is 21.6. The second-order valence-corrected chi connectivity index (χ2v) is 14.9. The highest BCUT2D eigenvalue weighted by atomic mass is 16.6. The molecule has 6 heterocycles. The summed E-state index contributed by atoms with van der Waals surface area (Å²) in [6.07, 6.45) is 13.9. The van der Waals surface area contributed by atoms with Gasteiger partial charge in [0, 0.05) is 94.7 Å². The number of terminal acetylenes is 1.